The zero-order valence-electron chi connectivity index (χ0n) is 25.9. The first-order valence-electron chi connectivity index (χ1n) is 16.3. The summed E-state index contributed by atoms with van der Waals surface area (Å²) in [6.07, 6.45) is -0.122. The van der Waals surface area contributed by atoms with Crippen LogP contribution in [0.5, 0.6) is 0 Å². The van der Waals surface area contributed by atoms with Crippen LogP contribution in [0, 0.1) is 0 Å². The SMILES string of the molecule is c1ccc(C2=NC(c3ccc(-n4c5ccccc5c5c6oc7ccccc7c6c6ccccc6c54)cc3)=NC(c3ccccc3)[NH2+]2)cc1. The molecular formula is C43H29N4O+. The van der Waals surface area contributed by atoms with Crippen molar-refractivity contribution >= 4 is 66.2 Å². The van der Waals surface area contributed by atoms with E-state index in [9.17, 15) is 0 Å². The number of amidine groups is 2. The molecule has 226 valence electrons. The molecule has 1 unspecified atom stereocenters. The normalized spacial score (nSPS) is 15.0. The van der Waals surface area contributed by atoms with Crippen LogP contribution in [-0.4, -0.2) is 16.2 Å². The quantitative estimate of drug-likeness (QED) is 0.210. The predicted octanol–water partition coefficient (Wildman–Crippen LogP) is 9.31. The Kier molecular flexibility index (Phi) is 5.95. The molecule has 0 amide bonds. The van der Waals surface area contributed by atoms with E-state index in [1.54, 1.807) is 0 Å². The summed E-state index contributed by atoms with van der Waals surface area (Å²) in [5, 5.41) is 9.15. The van der Waals surface area contributed by atoms with Gasteiger partial charge in [0.05, 0.1) is 22.0 Å². The maximum Gasteiger partial charge on any atom is 0.235 e. The summed E-state index contributed by atoms with van der Waals surface area (Å²) < 4.78 is 9.06. The molecule has 0 saturated heterocycles. The van der Waals surface area contributed by atoms with E-state index in [1.807, 2.05) is 18.2 Å². The summed E-state index contributed by atoms with van der Waals surface area (Å²) in [5.74, 6) is 1.66. The molecule has 0 aliphatic carbocycles. The van der Waals surface area contributed by atoms with Gasteiger partial charge in [-0.2, -0.15) is 4.99 Å². The summed E-state index contributed by atoms with van der Waals surface area (Å²) in [6.45, 7) is 0. The van der Waals surface area contributed by atoms with E-state index in [0.717, 1.165) is 67.0 Å². The fourth-order valence-electron chi connectivity index (χ4n) is 7.38. The van der Waals surface area contributed by atoms with Gasteiger partial charge in [0.15, 0.2) is 5.84 Å². The van der Waals surface area contributed by atoms with Crippen molar-refractivity contribution in [3.05, 3.63) is 174 Å². The summed E-state index contributed by atoms with van der Waals surface area (Å²) in [6, 6.07) is 55.2. The maximum absolute atomic E-state index is 6.68. The van der Waals surface area contributed by atoms with Crippen LogP contribution in [0.15, 0.2) is 172 Å². The highest BCUT2D eigenvalue weighted by molar-refractivity contribution is 6.35. The average Bonchev–Trinajstić information content (AvgIpc) is 3.72. The number of aromatic nitrogens is 1. The summed E-state index contributed by atoms with van der Waals surface area (Å²) in [5.41, 5.74) is 8.38. The molecular weight excluding hydrogens is 589 g/mol. The van der Waals surface area contributed by atoms with Crippen molar-refractivity contribution in [2.24, 2.45) is 9.98 Å². The second kappa shape index (κ2) is 10.6. The maximum atomic E-state index is 6.68. The molecule has 48 heavy (non-hydrogen) atoms. The number of nitrogens with zero attached hydrogens (tertiary/aromatic N) is 3. The van der Waals surface area contributed by atoms with Gasteiger partial charge in [0, 0.05) is 38.4 Å². The highest BCUT2D eigenvalue weighted by Gasteiger charge is 2.26. The van der Waals surface area contributed by atoms with E-state index in [2.05, 4.69) is 149 Å². The number of hydrogen-bond donors (Lipinski definition) is 1. The van der Waals surface area contributed by atoms with Crippen molar-refractivity contribution < 1.29 is 9.73 Å². The smallest absolute Gasteiger partial charge is 0.235 e. The second-order valence-electron chi connectivity index (χ2n) is 12.3. The van der Waals surface area contributed by atoms with E-state index in [0.29, 0.717) is 0 Å². The standard InChI is InChI=1S/C43H28N4O/c1-3-13-27(14-4-1)41-44-42(28-15-5-2-6-16-28)46-43(45-41)29-23-25-30(26-24-29)47-35-21-11-9-19-33(35)38-39(47)32-18-8-7-17-31(32)37-34-20-10-12-22-36(34)48-40(37)38/h1-26,41H,(H,44,45,46)/p+1. The molecule has 1 aliphatic rings. The van der Waals surface area contributed by atoms with Crippen LogP contribution in [0.1, 0.15) is 22.9 Å². The van der Waals surface area contributed by atoms with E-state index in [1.165, 1.54) is 21.5 Å². The molecule has 0 saturated carbocycles. The minimum absolute atomic E-state index is 0.122. The van der Waals surface area contributed by atoms with Crippen LogP contribution in [0.3, 0.4) is 0 Å². The molecule has 7 aromatic carbocycles. The number of para-hydroxylation sites is 2. The Morgan fingerprint density at radius 3 is 1.98 bits per heavy atom. The van der Waals surface area contributed by atoms with Crippen LogP contribution >= 0.6 is 0 Å². The first kappa shape index (κ1) is 26.9. The van der Waals surface area contributed by atoms with E-state index < -0.39 is 0 Å². The van der Waals surface area contributed by atoms with Gasteiger partial charge < -0.3 is 8.98 Å². The monoisotopic (exact) mass is 617 g/mol. The Balaban J connectivity index is 1.18. The highest BCUT2D eigenvalue weighted by atomic mass is 16.3. The molecule has 10 rings (SSSR count). The van der Waals surface area contributed by atoms with Crippen molar-refractivity contribution in [3.8, 4) is 5.69 Å². The number of nitrogens with two attached hydrogens (primary N) is 1. The molecule has 1 aliphatic heterocycles. The van der Waals surface area contributed by atoms with E-state index in [-0.39, 0.29) is 6.17 Å². The Morgan fingerprint density at radius 2 is 1.19 bits per heavy atom. The number of benzene rings is 7. The van der Waals surface area contributed by atoms with Gasteiger partial charge in [-0.05, 0) is 53.9 Å². The van der Waals surface area contributed by atoms with Gasteiger partial charge in [-0.1, -0.05) is 109 Å². The van der Waals surface area contributed by atoms with Crippen LogP contribution in [0.25, 0.3) is 60.2 Å². The topological polar surface area (TPSA) is 59.4 Å². The van der Waals surface area contributed by atoms with E-state index >= 15 is 0 Å². The first-order valence-corrected chi connectivity index (χ1v) is 16.3. The number of hydrogen-bond acceptors (Lipinski definition) is 3. The van der Waals surface area contributed by atoms with Gasteiger partial charge in [0.1, 0.15) is 11.2 Å². The van der Waals surface area contributed by atoms with Crippen molar-refractivity contribution in [3.63, 3.8) is 0 Å². The van der Waals surface area contributed by atoms with E-state index in [4.69, 9.17) is 14.4 Å². The number of aliphatic imine (C=N–C) groups is 2. The third-order valence-electron chi connectivity index (χ3n) is 9.55. The van der Waals surface area contributed by atoms with Crippen molar-refractivity contribution in [1.82, 2.24) is 4.57 Å². The van der Waals surface area contributed by atoms with Gasteiger partial charge in [-0.25, -0.2) is 4.99 Å². The number of furan rings is 1. The van der Waals surface area contributed by atoms with Crippen molar-refractivity contribution in [2.75, 3.05) is 0 Å². The summed E-state index contributed by atoms with van der Waals surface area (Å²) in [7, 11) is 0. The molecule has 1 atom stereocenters. The van der Waals surface area contributed by atoms with Gasteiger partial charge in [-0.15, -0.1) is 0 Å². The van der Waals surface area contributed by atoms with Gasteiger partial charge in [-0.3, -0.25) is 5.32 Å². The van der Waals surface area contributed by atoms with Gasteiger partial charge in [0.25, 0.3) is 0 Å². The summed E-state index contributed by atoms with van der Waals surface area (Å²) >= 11 is 0. The highest BCUT2D eigenvalue weighted by Crippen LogP contribution is 2.45. The van der Waals surface area contributed by atoms with Gasteiger partial charge >= 0.3 is 0 Å². The molecule has 0 bridgehead atoms. The molecule has 0 spiro atoms. The fraction of sp³-hybridized carbons (Fsp3) is 0.0233. The minimum Gasteiger partial charge on any atom is -0.455 e. The molecule has 9 aromatic rings. The average molecular weight is 618 g/mol. The minimum atomic E-state index is -0.122. The molecule has 0 fully saturated rings. The zero-order chi connectivity index (χ0) is 31.6. The largest absolute Gasteiger partial charge is 0.455 e. The Labute approximate surface area is 276 Å². The van der Waals surface area contributed by atoms with Crippen molar-refractivity contribution in [1.29, 1.82) is 0 Å². The molecule has 5 heteroatoms. The van der Waals surface area contributed by atoms with Crippen LogP contribution in [-0.2, 0) is 0 Å². The number of fused-ring (bicyclic) bond motifs is 10. The molecule has 2 aromatic heterocycles. The third-order valence-corrected chi connectivity index (χ3v) is 9.55. The molecule has 3 heterocycles. The Hall–Kier alpha value is -6.30. The lowest BCUT2D eigenvalue weighted by Gasteiger charge is -2.19. The summed E-state index contributed by atoms with van der Waals surface area (Å²) in [4.78, 5) is 10.2. The lowest BCUT2D eigenvalue weighted by molar-refractivity contribution is -0.586. The zero-order valence-corrected chi connectivity index (χ0v) is 25.9. The van der Waals surface area contributed by atoms with Crippen molar-refractivity contribution in [2.45, 2.75) is 6.17 Å². The predicted molar refractivity (Wildman–Crippen MR) is 196 cm³/mol. The van der Waals surface area contributed by atoms with Gasteiger partial charge in [0.2, 0.25) is 12.0 Å². The Bertz CT molecular complexity index is 2740. The first-order chi connectivity index (χ1) is 23.8. The third kappa shape index (κ3) is 4.08. The lowest BCUT2D eigenvalue weighted by atomic mass is 9.99. The molecule has 2 N–H and O–H groups in total. The van der Waals surface area contributed by atoms with Crippen LogP contribution in [0.4, 0.5) is 0 Å². The second-order valence-corrected chi connectivity index (χ2v) is 12.3. The number of rotatable bonds is 4. The van der Waals surface area contributed by atoms with Crippen LogP contribution < -0.4 is 5.32 Å². The van der Waals surface area contributed by atoms with Crippen LogP contribution in [0.2, 0.25) is 0 Å². The number of quaternary nitrogens is 1. The fourth-order valence-corrected chi connectivity index (χ4v) is 7.38. The lowest BCUT2D eigenvalue weighted by Crippen LogP contribution is -2.89. The molecule has 0 radical (unpaired) electrons. The Morgan fingerprint density at radius 1 is 0.542 bits per heavy atom. The molecule has 5 nitrogen and oxygen atoms in total.